The van der Waals surface area contributed by atoms with Gasteiger partial charge >= 0.3 is 0 Å². The zero-order valence-corrected chi connectivity index (χ0v) is 26.5. The van der Waals surface area contributed by atoms with Crippen molar-refractivity contribution in [3.63, 3.8) is 0 Å². The van der Waals surface area contributed by atoms with Gasteiger partial charge in [0.2, 0.25) is 5.82 Å². The van der Waals surface area contributed by atoms with Crippen LogP contribution in [0.3, 0.4) is 0 Å². The number of ether oxygens (including phenoxy) is 1. The molecule has 1 aliphatic carbocycles. The topological polar surface area (TPSA) is 61.2 Å². The predicted octanol–water partition coefficient (Wildman–Crippen LogP) is 7.53. The fraction of sp³-hybridized carbons (Fsp3) is 0.114. The van der Waals surface area contributed by atoms with Crippen molar-refractivity contribution in [2.75, 3.05) is 0 Å². The molecule has 5 nitrogen and oxygen atoms in total. The molecule has 0 saturated heterocycles. The van der Waals surface area contributed by atoms with Crippen molar-refractivity contribution in [3.8, 4) is 0 Å². The fourth-order valence-electron chi connectivity index (χ4n) is 6.08. The summed E-state index contributed by atoms with van der Waals surface area (Å²) < 4.78 is 109. The number of para-hydroxylation sites is 2. The van der Waals surface area contributed by atoms with E-state index in [1.54, 1.807) is 12.1 Å². The molecule has 2 atom stereocenters. The number of rotatable bonds is 6. The van der Waals surface area contributed by atoms with E-state index in [0.717, 1.165) is 21.7 Å². The zero-order valence-electron chi connectivity index (χ0n) is 24.8. The molecule has 47 heavy (non-hydrogen) atoms. The average molecular weight is 679 g/mol. The van der Waals surface area contributed by atoms with Crippen LogP contribution in [0.5, 0.6) is 0 Å². The minimum absolute atomic E-state index is 0.108. The second-order valence-electron chi connectivity index (χ2n) is 11.1. The van der Waals surface area contributed by atoms with Gasteiger partial charge in [-0.1, -0.05) is 66.7 Å². The Balaban J connectivity index is 1.62. The summed E-state index contributed by atoms with van der Waals surface area (Å²) in [5.41, 5.74) is 2.36. The Morgan fingerprint density at radius 3 is 1.91 bits per heavy atom. The van der Waals surface area contributed by atoms with Gasteiger partial charge in [0.15, 0.2) is 34.0 Å². The lowest BCUT2D eigenvalue weighted by atomic mass is 9.89. The molecule has 0 saturated carbocycles. The Morgan fingerprint density at radius 1 is 0.745 bits per heavy atom. The van der Waals surface area contributed by atoms with Crippen molar-refractivity contribution in [2.45, 2.75) is 24.8 Å². The largest absolute Gasteiger partial charge is 0.493 e. The standard InChI is InChI=1S/C35H24F5N2O3PS/c1-19-9-3-7-13-25(19)46(26-14-8-4-10-20(26)2)27-16-15-24-21(17-18-45-24)28(27)35-41-22-11-5-6-12-23(22)42(35)47(43,44)34-32(39)30(37)29(36)31(38)33(34)40/h3-18,21,24H,1-2H3. The van der Waals surface area contributed by atoms with E-state index >= 15 is 8.78 Å². The van der Waals surface area contributed by atoms with Gasteiger partial charge in [0.25, 0.3) is 10.0 Å². The van der Waals surface area contributed by atoms with Gasteiger partial charge in [0, 0.05) is 5.57 Å². The molecule has 0 amide bonds. The Hall–Kier alpha value is -4.60. The first-order valence-electron chi connectivity index (χ1n) is 14.4. The van der Waals surface area contributed by atoms with E-state index in [9.17, 15) is 21.6 Å². The second kappa shape index (κ2) is 11.6. The van der Waals surface area contributed by atoms with Gasteiger partial charge in [-0.05, 0) is 73.1 Å². The molecule has 4 aromatic carbocycles. The summed E-state index contributed by atoms with van der Waals surface area (Å²) >= 11 is 0. The third-order valence-corrected chi connectivity index (χ3v) is 12.9. The maximum Gasteiger partial charge on any atom is 0.276 e. The molecule has 1 aromatic heterocycles. The van der Waals surface area contributed by atoms with E-state index in [0.29, 0.717) is 14.9 Å². The lowest BCUT2D eigenvalue weighted by molar-refractivity contribution is 0.195. The van der Waals surface area contributed by atoms with Gasteiger partial charge in [0.1, 0.15) is 6.10 Å². The van der Waals surface area contributed by atoms with E-state index < -0.39 is 63.9 Å². The number of fused-ring (bicyclic) bond motifs is 2. The van der Waals surface area contributed by atoms with Crippen LogP contribution in [0.4, 0.5) is 22.0 Å². The van der Waals surface area contributed by atoms with Gasteiger partial charge in [-0.15, -0.1) is 0 Å². The number of nitrogens with zero attached hydrogens (tertiary/aromatic N) is 2. The highest BCUT2D eigenvalue weighted by molar-refractivity contribution is 7.90. The van der Waals surface area contributed by atoms with Crippen molar-refractivity contribution in [1.29, 1.82) is 0 Å². The smallest absolute Gasteiger partial charge is 0.276 e. The molecule has 7 rings (SSSR count). The predicted molar refractivity (Wildman–Crippen MR) is 171 cm³/mol. The van der Waals surface area contributed by atoms with E-state index in [2.05, 4.69) is 4.98 Å². The number of halogens is 5. The molecule has 2 aliphatic rings. The Kier molecular flexibility index (Phi) is 7.64. The summed E-state index contributed by atoms with van der Waals surface area (Å²) in [7, 11) is -6.93. The van der Waals surface area contributed by atoms with Crippen LogP contribution in [0.15, 0.2) is 107 Å². The lowest BCUT2D eigenvalue weighted by Gasteiger charge is -2.31. The number of allylic oxidation sites excluding steroid dienone is 2. The quantitative estimate of drug-likeness (QED) is 0.0807. The van der Waals surface area contributed by atoms with Crippen LogP contribution in [0.1, 0.15) is 17.0 Å². The van der Waals surface area contributed by atoms with Gasteiger partial charge in [-0.2, -0.15) is 0 Å². The van der Waals surface area contributed by atoms with Crippen LogP contribution in [-0.4, -0.2) is 23.5 Å². The summed E-state index contributed by atoms with van der Waals surface area (Å²) in [4.78, 5) is 2.71. The van der Waals surface area contributed by atoms with Crippen molar-refractivity contribution in [1.82, 2.24) is 8.96 Å². The van der Waals surface area contributed by atoms with Crippen LogP contribution in [-0.2, 0) is 14.8 Å². The van der Waals surface area contributed by atoms with Crippen molar-refractivity contribution < 1.29 is 35.1 Å². The van der Waals surface area contributed by atoms with Crippen LogP contribution in [0.2, 0.25) is 0 Å². The minimum Gasteiger partial charge on any atom is -0.493 e. The highest BCUT2D eigenvalue weighted by atomic mass is 32.2. The van der Waals surface area contributed by atoms with E-state index in [-0.39, 0.29) is 16.9 Å². The molecule has 0 fully saturated rings. The summed E-state index contributed by atoms with van der Waals surface area (Å²) in [6, 6.07) is 21.5. The Bertz CT molecular complexity index is 2240. The number of aryl methyl sites for hydroxylation is 2. The summed E-state index contributed by atoms with van der Waals surface area (Å²) in [5.74, 6) is -13.0. The van der Waals surface area contributed by atoms with Crippen molar-refractivity contribution >= 4 is 45.2 Å². The molecule has 1 aliphatic heterocycles. The van der Waals surface area contributed by atoms with Crippen LogP contribution in [0.25, 0.3) is 16.6 Å². The Morgan fingerprint density at radius 2 is 1.30 bits per heavy atom. The molecule has 0 bridgehead atoms. The monoisotopic (exact) mass is 678 g/mol. The molecule has 0 spiro atoms. The number of hydrogen-bond donors (Lipinski definition) is 0. The lowest BCUT2D eigenvalue weighted by Crippen LogP contribution is -2.27. The van der Waals surface area contributed by atoms with Crippen molar-refractivity contribution in [2.24, 2.45) is 5.92 Å². The Labute approximate surface area is 268 Å². The molecular weight excluding hydrogens is 654 g/mol. The van der Waals surface area contributed by atoms with E-state index in [1.165, 1.54) is 24.5 Å². The van der Waals surface area contributed by atoms with Crippen LogP contribution in [0, 0.1) is 48.9 Å². The van der Waals surface area contributed by atoms with Gasteiger partial charge in [-0.25, -0.2) is 39.3 Å². The normalized spacial score (nSPS) is 17.5. The average Bonchev–Trinajstić information content (AvgIpc) is 3.70. The van der Waals surface area contributed by atoms with Gasteiger partial charge in [-0.3, -0.25) is 0 Å². The van der Waals surface area contributed by atoms with E-state index in [4.69, 9.17) is 4.74 Å². The molecular formula is C35H24F5N2O3PS. The minimum atomic E-state index is -5.51. The second-order valence-corrected chi connectivity index (χ2v) is 15.0. The summed E-state index contributed by atoms with van der Waals surface area (Å²) in [6.45, 7) is 3.94. The number of hydrogen-bond acceptors (Lipinski definition) is 4. The zero-order chi connectivity index (χ0) is 33.2. The molecule has 2 unspecified atom stereocenters. The third-order valence-electron chi connectivity index (χ3n) is 8.31. The molecule has 0 radical (unpaired) electrons. The van der Waals surface area contributed by atoms with Gasteiger partial charge in [0.05, 0.1) is 23.2 Å². The van der Waals surface area contributed by atoms with Crippen LogP contribution < -0.4 is 10.6 Å². The maximum absolute atomic E-state index is 15.2. The first kappa shape index (κ1) is 31.0. The SMILES string of the molecule is Cc1ccccc1P(C1=C(c2nc3ccccc3n2S(=O)(=O)c2c(F)c(F)c(F)c(F)c2F)C2C=COC2C=C1)c1ccccc1C. The highest BCUT2D eigenvalue weighted by Crippen LogP contribution is 2.54. The molecule has 238 valence electrons. The number of imidazole rings is 1. The van der Waals surface area contributed by atoms with E-state index in [1.807, 2.05) is 74.5 Å². The maximum atomic E-state index is 15.2. The van der Waals surface area contributed by atoms with Crippen LogP contribution >= 0.6 is 7.92 Å². The third kappa shape index (κ3) is 4.83. The molecule has 5 aromatic rings. The molecule has 12 heteroatoms. The van der Waals surface area contributed by atoms with Crippen molar-refractivity contribution in [3.05, 3.63) is 149 Å². The fourth-order valence-corrected chi connectivity index (χ4v) is 10.5. The molecule has 0 N–H and O–H groups in total. The summed E-state index contributed by atoms with van der Waals surface area (Å²) in [5, 5.41) is 2.63. The first-order valence-corrected chi connectivity index (χ1v) is 17.2. The molecule has 2 heterocycles. The first-order chi connectivity index (χ1) is 22.5. The summed E-state index contributed by atoms with van der Waals surface area (Å²) in [6.07, 6.45) is 6.37. The highest BCUT2D eigenvalue weighted by Gasteiger charge is 2.42. The number of aromatic nitrogens is 2. The number of benzene rings is 4. The van der Waals surface area contributed by atoms with Gasteiger partial charge < -0.3 is 4.74 Å².